The van der Waals surface area contributed by atoms with Gasteiger partial charge in [-0.3, -0.25) is 9.97 Å². The molecule has 6 heteroatoms. The maximum Gasteiger partial charge on any atom is 0.162 e. The standard InChI is InChI=1S/C24H22N6/c1-2-6-21(7-3-1)29-13-15-30(16-14-29)23-17-22(20-5-4-10-26-18-20)27-24(28-23)19-8-11-25-12-9-19/h1-12,17-18H,13-16H2. The summed E-state index contributed by atoms with van der Waals surface area (Å²) < 4.78 is 0. The molecular weight excluding hydrogens is 372 g/mol. The van der Waals surface area contributed by atoms with Crippen LogP contribution in [-0.4, -0.2) is 46.1 Å². The van der Waals surface area contributed by atoms with Crippen molar-refractivity contribution >= 4 is 11.5 Å². The van der Waals surface area contributed by atoms with E-state index >= 15 is 0 Å². The van der Waals surface area contributed by atoms with Gasteiger partial charge in [-0.15, -0.1) is 0 Å². The Labute approximate surface area is 175 Å². The third kappa shape index (κ3) is 3.85. The zero-order chi connectivity index (χ0) is 20.2. The van der Waals surface area contributed by atoms with Crippen LogP contribution in [0.2, 0.25) is 0 Å². The predicted molar refractivity (Wildman–Crippen MR) is 119 cm³/mol. The van der Waals surface area contributed by atoms with E-state index in [0.717, 1.165) is 48.8 Å². The fraction of sp³-hybridized carbons (Fsp3) is 0.167. The van der Waals surface area contributed by atoms with Crippen LogP contribution in [0.1, 0.15) is 0 Å². The molecule has 0 spiro atoms. The van der Waals surface area contributed by atoms with Crippen molar-refractivity contribution in [2.75, 3.05) is 36.0 Å². The molecule has 4 heterocycles. The number of piperazine rings is 1. The average Bonchev–Trinajstić information content (AvgIpc) is 2.85. The molecule has 1 saturated heterocycles. The van der Waals surface area contributed by atoms with Crippen molar-refractivity contribution in [1.82, 2.24) is 19.9 Å². The number of hydrogen-bond acceptors (Lipinski definition) is 6. The third-order valence-electron chi connectivity index (χ3n) is 5.33. The van der Waals surface area contributed by atoms with Gasteiger partial charge < -0.3 is 9.80 Å². The molecule has 0 unspecified atom stereocenters. The van der Waals surface area contributed by atoms with Gasteiger partial charge in [-0.2, -0.15) is 0 Å². The highest BCUT2D eigenvalue weighted by molar-refractivity contribution is 5.67. The normalized spacial score (nSPS) is 14.0. The van der Waals surface area contributed by atoms with E-state index in [1.165, 1.54) is 5.69 Å². The average molecular weight is 394 g/mol. The smallest absolute Gasteiger partial charge is 0.162 e. The van der Waals surface area contributed by atoms with E-state index < -0.39 is 0 Å². The van der Waals surface area contributed by atoms with Gasteiger partial charge in [0.25, 0.3) is 0 Å². The first-order valence-corrected chi connectivity index (χ1v) is 10.1. The van der Waals surface area contributed by atoms with Gasteiger partial charge in [0.05, 0.1) is 5.69 Å². The molecule has 0 radical (unpaired) electrons. The summed E-state index contributed by atoms with van der Waals surface area (Å²) in [5.74, 6) is 1.66. The number of pyridine rings is 2. The molecule has 0 atom stereocenters. The first-order valence-electron chi connectivity index (χ1n) is 10.1. The highest BCUT2D eigenvalue weighted by Crippen LogP contribution is 2.27. The first-order chi connectivity index (χ1) is 14.9. The number of nitrogens with zero attached hydrogens (tertiary/aromatic N) is 6. The van der Waals surface area contributed by atoms with E-state index in [9.17, 15) is 0 Å². The van der Waals surface area contributed by atoms with E-state index in [2.05, 4.69) is 56.2 Å². The quantitative estimate of drug-likeness (QED) is 0.523. The fourth-order valence-electron chi connectivity index (χ4n) is 3.72. The maximum atomic E-state index is 4.90. The molecule has 3 aromatic heterocycles. The van der Waals surface area contributed by atoms with Gasteiger partial charge in [-0.1, -0.05) is 18.2 Å². The van der Waals surface area contributed by atoms with Crippen molar-refractivity contribution in [3.8, 4) is 22.6 Å². The Bertz CT molecular complexity index is 1040. The van der Waals surface area contributed by atoms with Crippen LogP contribution in [0.3, 0.4) is 0 Å². The van der Waals surface area contributed by atoms with Crippen molar-refractivity contribution < 1.29 is 0 Å². The summed E-state index contributed by atoms with van der Waals surface area (Å²) in [6.45, 7) is 3.74. The summed E-state index contributed by atoms with van der Waals surface area (Å²) in [5, 5.41) is 0. The van der Waals surface area contributed by atoms with Gasteiger partial charge in [-0.25, -0.2) is 9.97 Å². The van der Waals surface area contributed by atoms with Crippen LogP contribution in [0.4, 0.5) is 11.5 Å². The zero-order valence-corrected chi connectivity index (χ0v) is 16.6. The van der Waals surface area contributed by atoms with E-state index in [0.29, 0.717) is 5.82 Å². The van der Waals surface area contributed by atoms with Crippen molar-refractivity contribution in [1.29, 1.82) is 0 Å². The van der Waals surface area contributed by atoms with Crippen LogP contribution in [-0.2, 0) is 0 Å². The number of benzene rings is 1. The number of anilines is 2. The fourth-order valence-corrected chi connectivity index (χ4v) is 3.72. The minimum Gasteiger partial charge on any atom is -0.368 e. The lowest BCUT2D eigenvalue weighted by atomic mass is 10.1. The van der Waals surface area contributed by atoms with Crippen molar-refractivity contribution in [2.24, 2.45) is 0 Å². The summed E-state index contributed by atoms with van der Waals surface area (Å²) in [7, 11) is 0. The van der Waals surface area contributed by atoms with E-state index in [4.69, 9.17) is 9.97 Å². The predicted octanol–water partition coefficient (Wildman–Crippen LogP) is 3.93. The molecule has 5 rings (SSSR count). The second-order valence-corrected chi connectivity index (χ2v) is 7.22. The zero-order valence-electron chi connectivity index (χ0n) is 16.6. The number of para-hydroxylation sites is 1. The van der Waals surface area contributed by atoms with E-state index in [1.807, 2.05) is 30.5 Å². The van der Waals surface area contributed by atoms with Gasteiger partial charge >= 0.3 is 0 Å². The van der Waals surface area contributed by atoms with Crippen LogP contribution in [0.5, 0.6) is 0 Å². The lowest BCUT2D eigenvalue weighted by Gasteiger charge is -2.37. The molecule has 148 valence electrons. The van der Waals surface area contributed by atoms with Gasteiger partial charge in [0.1, 0.15) is 5.82 Å². The molecule has 0 aliphatic carbocycles. The van der Waals surface area contributed by atoms with Gasteiger partial charge in [0.15, 0.2) is 5.82 Å². The Morgan fingerprint density at radius 2 is 1.40 bits per heavy atom. The maximum absolute atomic E-state index is 4.90. The lowest BCUT2D eigenvalue weighted by molar-refractivity contribution is 0.647. The molecule has 4 aromatic rings. The molecule has 0 N–H and O–H groups in total. The second kappa shape index (κ2) is 8.29. The summed E-state index contributed by atoms with van der Waals surface area (Å²) in [6.07, 6.45) is 7.16. The van der Waals surface area contributed by atoms with Gasteiger partial charge in [-0.05, 0) is 36.4 Å². The van der Waals surface area contributed by atoms with Crippen LogP contribution in [0, 0.1) is 0 Å². The minimum absolute atomic E-state index is 0.708. The third-order valence-corrected chi connectivity index (χ3v) is 5.33. The highest BCUT2D eigenvalue weighted by Gasteiger charge is 2.20. The first kappa shape index (κ1) is 18.2. The number of aromatic nitrogens is 4. The van der Waals surface area contributed by atoms with Crippen LogP contribution < -0.4 is 9.80 Å². The van der Waals surface area contributed by atoms with E-state index in [-0.39, 0.29) is 0 Å². The van der Waals surface area contributed by atoms with E-state index in [1.54, 1.807) is 18.6 Å². The van der Waals surface area contributed by atoms with Crippen molar-refractivity contribution in [2.45, 2.75) is 0 Å². The second-order valence-electron chi connectivity index (χ2n) is 7.22. The molecular formula is C24H22N6. The SMILES string of the molecule is c1ccc(N2CCN(c3cc(-c4cccnc4)nc(-c4ccncc4)n3)CC2)cc1. The molecule has 1 aromatic carbocycles. The molecule has 30 heavy (non-hydrogen) atoms. The van der Waals surface area contributed by atoms with Crippen LogP contribution >= 0.6 is 0 Å². The van der Waals surface area contributed by atoms with Crippen molar-refractivity contribution in [3.63, 3.8) is 0 Å². The molecule has 1 aliphatic heterocycles. The van der Waals surface area contributed by atoms with Gasteiger partial charge in [0, 0.05) is 73.8 Å². The topological polar surface area (TPSA) is 58.0 Å². The summed E-state index contributed by atoms with van der Waals surface area (Å²) in [5.41, 5.74) is 4.10. The summed E-state index contributed by atoms with van der Waals surface area (Å²) >= 11 is 0. The molecule has 0 amide bonds. The number of hydrogen-bond donors (Lipinski definition) is 0. The number of rotatable bonds is 4. The Morgan fingerprint density at radius 3 is 2.13 bits per heavy atom. The largest absolute Gasteiger partial charge is 0.368 e. The summed E-state index contributed by atoms with van der Waals surface area (Å²) in [4.78, 5) is 22.9. The molecule has 1 aliphatic rings. The van der Waals surface area contributed by atoms with Crippen LogP contribution in [0.15, 0.2) is 85.5 Å². The molecule has 0 bridgehead atoms. The van der Waals surface area contributed by atoms with Crippen LogP contribution in [0.25, 0.3) is 22.6 Å². The molecule has 0 saturated carbocycles. The Hall–Kier alpha value is -3.80. The highest BCUT2D eigenvalue weighted by atomic mass is 15.3. The Balaban J connectivity index is 1.46. The van der Waals surface area contributed by atoms with Crippen molar-refractivity contribution in [3.05, 3.63) is 85.5 Å². The molecule has 6 nitrogen and oxygen atoms in total. The monoisotopic (exact) mass is 394 g/mol. The molecule has 1 fully saturated rings. The summed E-state index contributed by atoms with van der Waals surface area (Å²) in [6, 6.07) is 20.5. The lowest BCUT2D eigenvalue weighted by Crippen LogP contribution is -2.46. The Morgan fingerprint density at radius 1 is 0.633 bits per heavy atom. The van der Waals surface area contributed by atoms with Gasteiger partial charge in [0.2, 0.25) is 0 Å². The Kier molecular flexibility index (Phi) is 5.04. The minimum atomic E-state index is 0.708.